The van der Waals surface area contributed by atoms with E-state index >= 15 is 0 Å². The molecule has 2 aromatic carbocycles. The average Bonchev–Trinajstić information content (AvgIpc) is 2.79. The van der Waals surface area contributed by atoms with Gasteiger partial charge in [-0.25, -0.2) is 9.79 Å². The van der Waals surface area contributed by atoms with E-state index in [4.69, 9.17) is 19.2 Å². The molecule has 0 unspecified atom stereocenters. The lowest BCUT2D eigenvalue weighted by Gasteiger charge is -2.21. The van der Waals surface area contributed by atoms with E-state index in [0.717, 1.165) is 24.0 Å². The summed E-state index contributed by atoms with van der Waals surface area (Å²) in [5.74, 6) is 0.696. The summed E-state index contributed by atoms with van der Waals surface area (Å²) in [5, 5.41) is 0. The van der Waals surface area contributed by atoms with Crippen LogP contribution in [0.15, 0.2) is 89.3 Å². The van der Waals surface area contributed by atoms with Gasteiger partial charge in [-0.05, 0) is 56.9 Å². The molecule has 2 aromatic rings. The van der Waals surface area contributed by atoms with Crippen molar-refractivity contribution >= 4 is 17.6 Å². The Kier molecular flexibility index (Phi) is 6.78. The molecule has 0 aromatic heterocycles. The van der Waals surface area contributed by atoms with Crippen molar-refractivity contribution in [1.29, 1.82) is 0 Å². The van der Waals surface area contributed by atoms with Gasteiger partial charge in [0.15, 0.2) is 6.61 Å². The van der Waals surface area contributed by atoms with Crippen LogP contribution in [0, 0.1) is 0 Å². The van der Waals surface area contributed by atoms with Crippen molar-refractivity contribution in [3.63, 3.8) is 0 Å². The minimum atomic E-state index is -0.609. The Labute approximate surface area is 195 Å². The lowest BCUT2D eigenvalue weighted by Crippen LogP contribution is -2.24. The van der Waals surface area contributed by atoms with E-state index in [0.29, 0.717) is 29.3 Å². The Balaban J connectivity index is 1.64. The van der Waals surface area contributed by atoms with E-state index in [1.807, 2.05) is 63.2 Å². The smallest absolute Gasteiger partial charge is 0.340 e. The van der Waals surface area contributed by atoms with E-state index in [2.05, 4.69) is 18.2 Å². The third-order valence-corrected chi connectivity index (χ3v) is 5.14. The lowest BCUT2D eigenvalue weighted by atomic mass is 10.0. The molecule has 170 valence electrons. The van der Waals surface area contributed by atoms with Crippen LogP contribution >= 0.6 is 0 Å². The van der Waals surface area contributed by atoms with Gasteiger partial charge in [0, 0.05) is 6.42 Å². The maximum atomic E-state index is 12.9. The Morgan fingerprint density at radius 1 is 1.09 bits per heavy atom. The molecule has 0 bridgehead atoms. The van der Waals surface area contributed by atoms with E-state index in [1.54, 1.807) is 12.3 Å². The number of nitrogens with zero attached hydrogens (tertiary/aromatic N) is 1. The molecule has 0 atom stereocenters. The molecule has 1 aliphatic carbocycles. The van der Waals surface area contributed by atoms with Gasteiger partial charge in [0.2, 0.25) is 5.90 Å². The number of allylic oxidation sites excluding steroid dienone is 4. The monoisotopic (exact) mass is 443 g/mol. The normalized spacial score (nSPS) is 17.0. The first-order valence-electron chi connectivity index (χ1n) is 11.2. The van der Waals surface area contributed by atoms with Crippen LogP contribution in [-0.2, 0) is 14.2 Å². The van der Waals surface area contributed by atoms with Gasteiger partial charge < -0.3 is 14.2 Å². The second-order valence-corrected chi connectivity index (χ2v) is 9.07. The zero-order valence-electron chi connectivity index (χ0n) is 19.3. The molecule has 0 fully saturated rings. The largest absolute Gasteiger partial charge is 0.488 e. The van der Waals surface area contributed by atoms with Crippen LogP contribution in [0.3, 0.4) is 0 Å². The van der Waals surface area contributed by atoms with Crippen molar-refractivity contribution in [2.24, 2.45) is 4.99 Å². The summed E-state index contributed by atoms with van der Waals surface area (Å²) in [6, 6.07) is 15.5. The molecule has 1 heterocycles. The predicted molar refractivity (Wildman–Crippen MR) is 130 cm³/mol. The molecule has 0 saturated carbocycles. The minimum absolute atomic E-state index is 0.200. The molecule has 1 aliphatic heterocycles. The molecular formula is C28H29NO4. The van der Waals surface area contributed by atoms with Gasteiger partial charge in [-0.1, -0.05) is 60.2 Å². The number of carbonyl (C=O) groups excluding carboxylic acids is 1. The number of carbonyl (C=O) groups is 1. The Morgan fingerprint density at radius 3 is 2.64 bits per heavy atom. The molecule has 0 spiro atoms. The molecule has 4 rings (SSSR count). The fraction of sp³-hybridized carbons (Fsp3) is 0.286. The highest BCUT2D eigenvalue weighted by Crippen LogP contribution is 2.30. The van der Waals surface area contributed by atoms with Gasteiger partial charge in [0.1, 0.15) is 17.6 Å². The van der Waals surface area contributed by atoms with Gasteiger partial charge in [-0.2, -0.15) is 0 Å². The molecule has 0 saturated heterocycles. The van der Waals surface area contributed by atoms with Crippen LogP contribution in [-0.4, -0.2) is 24.1 Å². The summed E-state index contributed by atoms with van der Waals surface area (Å²) in [4.78, 5) is 17.6. The molecule has 5 nitrogen and oxygen atoms in total. The number of benzene rings is 2. The fourth-order valence-electron chi connectivity index (χ4n) is 3.64. The summed E-state index contributed by atoms with van der Waals surface area (Å²) < 4.78 is 17.3. The first-order valence-corrected chi connectivity index (χ1v) is 11.2. The zero-order valence-corrected chi connectivity index (χ0v) is 19.3. The number of aliphatic imine (C=N–C) groups is 1. The summed E-state index contributed by atoms with van der Waals surface area (Å²) in [5.41, 5.74) is 3.54. The van der Waals surface area contributed by atoms with Crippen LogP contribution in [0.2, 0.25) is 0 Å². The number of esters is 1. The van der Waals surface area contributed by atoms with Gasteiger partial charge in [-0.15, -0.1) is 0 Å². The first kappa shape index (κ1) is 22.6. The van der Waals surface area contributed by atoms with Crippen molar-refractivity contribution < 1.29 is 19.0 Å². The predicted octanol–water partition coefficient (Wildman–Crippen LogP) is 6.89. The van der Waals surface area contributed by atoms with Crippen LogP contribution in [0.5, 0.6) is 0 Å². The van der Waals surface area contributed by atoms with E-state index in [1.165, 1.54) is 5.57 Å². The molecule has 0 N–H and O–H groups in total. The molecular weight excluding hydrogens is 414 g/mol. The third kappa shape index (κ3) is 6.22. The van der Waals surface area contributed by atoms with Gasteiger partial charge in [0.25, 0.3) is 0 Å². The number of hydrogen-bond acceptors (Lipinski definition) is 5. The highest BCUT2D eigenvalue weighted by molar-refractivity contribution is 5.98. The van der Waals surface area contributed by atoms with Crippen molar-refractivity contribution in [3.8, 4) is 11.1 Å². The molecule has 0 radical (unpaired) electrons. The number of ether oxygens (including phenoxy) is 3. The first-order chi connectivity index (χ1) is 15.9. The minimum Gasteiger partial charge on any atom is -0.488 e. The summed E-state index contributed by atoms with van der Waals surface area (Å²) in [7, 11) is 0. The average molecular weight is 444 g/mol. The second-order valence-electron chi connectivity index (χ2n) is 9.07. The van der Waals surface area contributed by atoms with E-state index in [-0.39, 0.29) is 6.61 Å². The lowest BCUT2D eigenvalue weighted by molar-refractivity contribution is 0.00706. The van der Waals surface area contributed by atoms with Crippen LogP contribution < -0.4 is 0 Å². The molecule has 33 heavy (non-hydrogen) atoms. The Hall–Kier alpha value is -3.60. The topological polar surface area (TPSA) is 57.1 Å². The maximum absolute atomic E-state index is 12.9. The number of hydrogen-bond donors (Lipinski definition) is 0. The van der Waals surface area contributed by atoms with Gasteiger partial charge >= 0.3 is 5.97 Å². The summed E-state index contributed by atoms with van der Waals surface area (Å²) in [6.45, 7) is 5.74. The van der Waals surface area contributed by atoms with Crippen LogP contribution in [0.4, 0.5) is 5.69 Å². The zero-order chi connectivity index (χ0) is 23.3. The highest BCUT2D eigenvalue weighted by atomic mass is 16.6. The van der Waals surface area contributed by atoms with Gasteiger partial charge in [-0.3, -0.25) is 0 Å². The van der Waals surface area contributed by atoms with E-state index < -0.39 is 11.6 Å². The van der Waals surface area contributed by atoms with Crippen LogP contribution in [0.1, 0.15) is 50.4 Å². The van der Waals surface area contributed by atoms with Crippen molar-refractivity contribution in [2.45, 2.75) is 45.6 Å². The molecule has 0 amide bonds. The van der Waals surface area contributed by atoms with Crippen molar-refractivity contribution in [1.82, 2.24) is 0 Å². The van der Waals surface area contributed by atoms with Crippen molar-refractivity contribution in [2.75, 3.05) is 6.61 Å². The van der Waals surface area contributed by atoms with Gasteiger partial charge in [0.05, 0.1) is 11.3 Å². The second kappa shape index (κ2) is 9.90. The summed E-state index contributed by atoms with van der Waals surface area (Å²) in [6.07, 6.45) is 10.7. The number of rotatable bonds is 5. The Morgan fingerprint density at radius 2 is 1.91 bits per heavy atom. The van der Waals surface area contributed by atoms with Crippen LogP contribution in [0.25, 0.3) is 11.1 Å². The standard InChI is InChI=1S/C28H29NO4/c1-28(2,3)33-27(30)24-15-14-22(21-12-8-5-9-13-21)17-25(24)29-26-19-31-18-23(32-26)16-20-10-6-4-7-11-20/h4-6,8-10,12-15,17-18H,7,11,16,19H2,1-3H3. The highest BCUT2D eigenvalue weighted by Gasteiger charge is 2.22. The van der Waals surface area contributed by atoms with E-state index in [9.17, 15) is 4.79 Å². The fourth-order valence-corrected chi connectivity index (χ4v) is 3.64. The molecule has 5 heteroatoms. The molecule has 2 aliphatic rings. The Bertz CT molecular complexity index is 1130. The summed E-state index contributed by atoms with van der Waals surface area (Å²) >= 11 is 0. The SMILES string of the molecule is CC(C)(C)OC(=O)c1ccc(-c2ccccc2)cc1N=C1COC=C(CC2=CC=CCC2)O1. The quantitative estimate of drug-likeness (QED) is 0.472. The maximum Gasteiger partial charge on any atom is 0.340 e. The third-order valence-electron chi connectivity index (χ3n) is 5.14. The van der Waals surface area contributed by atoms with Crippen molar-refractivity contribution in [3.05, 3.63) is 89.9 Å².